The second kappa shape index (κ2) is 9.83. The van der Waals surface area contributed by atoms with Gasteiger partial charge in [0, 0.05) is 53.2 Å². The number of ketones is 1. The van der Waals surface area contributed by atoms with Crippen molar-refractivity contribution in [3.8, 4) is 5.75 Å². The molecule has 3 N–H and O–H groups in total. The van der Waals surface area contributed by atoms with Gasteiger partial charge in [-0.15, -0.1) is 11.3 Å². The van der Waals surface area contributed by atoms with Gasteiger partial charge in [-0.25, -0.2) is 9.78 Å². The number of anilines is 1. The molecule has 35 heavy (non-hydrogen) atoms. The largest absolute Gasteiger partial charge is 0.496 e. The monoisotopic (exact) mass is 495 g/mol. The zero-order valence-electron chi connectivity index (χ0n) is 19.8. The number of aromatic nitrogens is 1. The van der Waals surface area contributed by atoms with Crippen LogP contribution in [0.1, 0.15) is 54.9 Å². The number of nitrogens with one attached hydrogen (secondary N) is 1. The van der Waals surface area contributed by atoms with Crippen LogP contribution >= 0.6 is 11.3 Å². The normalized spacial score (nSPS) is 23.1. The van der Waals surface area contributed by atoms with E-state index in [1.807, 2.05) is 31.2 Å². The fraction of sp³-hybridized carbons (Fsp3) is 0.423. The first-order valence-electron chi connectivity index (χ1n) is 11.8. The number of hydrogen-bond acceptors (Lipinski definition) is 9. The van der Waals surface area contributed by atoms with Crippen molar-refractivity contribution in [3.63, 3.8) is 0 Å². The van der Waals surface area contributed by atoms with Crippen LogP contribution in [-0.4, -0.2) is 43.2 Å². The van der Waals surface area contributed by atoms with Gasteiger partial charge in [-0.2, -0.15) is 0 Å². The Kier molecular flexibility index (Phi) is 6.62. The fourth-order valence-corrected chi connectivity index (χ4v) is 6.07. The highest BCUT2D eigenvalue weighted by Crippen LogP contribution is 2.48. The van der Waals surface area contributed by atoms with Gasteiger partial charge in [0.2, 0.25) is 0 Å². The van der Waals surface area contributed by atoms with Crippen LogP contribution in [-0.2, 0) is 19.1 Å². The first-order valence-corrected chi connectivity index (χ1v) is 12.6. The second-order valence-electron chi connectivity index (χ2n) is 9.08. The zero-order chi connectivity index (χ0) is 24.5. The van der Waals surface area contributed by atoms with E-state index in [9.17, 15) is 9.59 Å². The van der Waals surface area contributed by atoms with Crippen molar-refractivity contribution in [1.82, 2.24) is 10.3 Å². The van der Waals surface area contributed by atoms with E-state index in [0.29, 0.717) is 60.9 Å². The molecule has 1 aromatic heterocycles. The Morgan fingerprint density at radius 2 is 2.00 bits per heavy atom. The van der Waals surface area contributed by atoms with Crippen molar-refractivity contribution in [2.24, 2.45) is 0 Å². The minimum absolute atomic E-state index is 0.00417. The molecule has 184 valence electrons. The van der Waals surface area contributed by atoms with E-state index in [1.54, 1.807) is 13.3 Å². The number of carbonyl (C=O) groups is 2. The molecule has 3 aliphatic rings. The molecule has 3 heterocycles. The number of esters is 1. The van der Waals surface area contributed by atoms with E-state index in [0.717, 1.165) is 21.9 Å². The van der Waals surface area contributed by atoms with Crippen molar-refractivity contribution in [1.29, 1.82) is 0 Å². The van der Waals surface area contributed by atoms with Crippen molar-refractivity contribution in [2.45, 2.75) is 50.5 Å². The summed E-state index contributed by atoms with van der Waals surface area (Å²) in [4.78, 5) is 32.1. The average Bonchev–Trinajstić information content (AvgIpc) is 3.29. The summed E-state index contributed by atoms with van der Waals surface area (Å²) in [5.41, 5.74) is 9.52. The molecule has 9 heteroatoms. The maximum Gasteiger partial charge on any atom is 0.337 e. The summed E-state index contributed by atoms with van der Waals surface area (Å²) in [5, 5.41) is 3.78. The molecule has 8 nitrogen and oxygen atoms in total. The Bertz CT molecular complexity index is 1210. The van der Waals surface area contributed by atoms with Crippen molar-refractivity contribution >= 4 is 28.2 Å². The highest BCUT2D eigenvalue weighted by molar-refractivity contribution is 7.15. The zero-order valence-corrected chi connectivity index (χ0v) is 20.7. The van der Waals surface area contributed by atoms with Gasteiger partial charge in [0.05, 0.1) is 31.8 Å². The molecule has 0 radical (unpaired) electrons. The maximum absolute atomic E-state index is 13.7. The number of nitrogens with zero attached hydrogens (tertiary/aromatic N) is 1. The van der Waals surface area contributed by atoms with Crippen LogP contribution in [0.5, 0.6) is 5.75 Å². The topological polar surface area (TPSA) is 113 Å². The Hall–Kier alpha value is -3.17. The number of nitrogen functional groups attached to an aromatic ring is 1. The number of para-hydroxylation sites is 1. The number of hydrogen-bond donors (Lipinski definition) is 2. The first-order chi connectivity index (χ1) is 17.0. The summed E-state index contributed by atoms with van der Waals surface area (Å²) in [6, 6.07) is 7.80. The first kappa shape index (κ1) is 23.6. The molecular formula is C26H29N3O5S. The lowest BCUT2D eigenvalue weighted by Crippen LogP contribution is -2.37. The van der Waals surface area contributed by atoms with Crippen LogP contribution in [0.3, 0.4) is 0 Å². The molecule has 5 rings (SSSR count). The lowest BCUT2D eigenvalue weighted by atomic mass is 9.73. The molecule has 0 saturated carbocycles. The number of benzene rings is 1. The van der Waals surface area contributed by atoms with E-state index >= 15 is 0 Å². The summed E-state index contributed by atoms with van der Waals surface area (Å²) in [5.74, 6) is -0.231. The Balaban J connectivity index is 1.51. The van der Waals surface area contributed by atoms with Gasteiger partial charge in [-0.05, 0) is 25.0 Å². The van der Waals surface area contributed by atoms with Crippen LogP contribution in [0.15, 0.2) is 53.0 Å². The molecule has 2 unspecified atom stereocenters. The Morgan fingerprint density at radius 3 is 2.71 bits per heavy atom. The maximum atomic E-state index is 13.7. The van der Waals surface area contributed by atoms with Gasteiger partial charge >= 0.3 is 5.97 Å². The number of methoxy groups -OCH3 is 1. The molecule has 0 bridgehead atoms. The van der Waals surface area contributed by atoms with Gasteiger partial charge in [-0.1, -0.05) is 18.2 Å². The van der Waals surface area contributed by atoms with E-state index in [-0.39, 0.29) is 17.8 Å². The molecule has 1 aliphatic carbocycles. The molecule has 0 amide bonds. The molecule has 1 saturated heterocycles. The molecule has 2 aromatic rings. The number of dihydropyridines is 1. The summed E-state index contributed by atoms with van der Waals surface area (Å²) >= 11 is 1.30. The lowest BCUT2D eigenvalue weighted by molar-refractivity contribution is -0.148. The summed E-state index contributed by atoms with van der Waals surface area (Å²) in [6.45, 7) is 3.00. The molecular weight excluding hydrogens is 466 g/mol. The number of allylic oxidation sites excluding steroid dienone is 3. The third-order valence-electron chi connectivity index (χ3n) is 6.89. The number of thiazole rings is 1. The summed E-state index contributed by atoms with van der Waals surface area (Å²) in [7, 11) is 1.64. The van der Waals surface area contributed by atoms with Crippen LogP contribution in [0.25, 0.3) is 0 Å². The highest BCUT2D eigenvalue weighted by Gasteiger charge is 2.43. The second-order valence-corrected chi connectivity index (χ2v) is 10.2. The minimum atomic E-state index is -0.556. The molecule has 2 aliphatic heterocycles. The predicted molar refractivity (Wildman–Crippen MR) is 132 cm³/mol. The van der Waals surface area contributed by atoms with Gasteiger partial charge in [0.25, 0.3) is 0 Å². The van der Waals surface area contributed by atoms with Gasteiger partial charge < -0.3 is 25.3 Å². The van der Waals surface area contributed by atoms with Crippen molar-refractivity contribution in [2.75, 3.05) is 26.1 Å². The minimum Gasteiger partial charge on any atom is -0.496 e. The predicted octanol–water partition coefficient (Wildman–Crippen LogP) is 3.82. The Morgan fingerprint density at radius 1 is 1.23 bits per heavy atom. The number of ether oxygens (including phenoxy) is 3. The van der Waals surface area contributed by atoms with Crippen LogP contribution in [0, 0.1) is 0 Å². The quantitative estimate of drug-likeness (QED) is 0.602. The third-order valence-corrected chi connectivity index (χ3v) is 7.79. The van der Waals surface area contributed by atoms with E-state index < -0.39 is 11.9 Å². The smallest absolute Gasteiger partial charge is 0.337 e. The molecule has 1 aromatic carbocycles. The number of Topliss-reactive ketones (excluding diaryl/α,β-unsaturated/α-hetero) is 1. The van der Waals surface area contributed by atoms with Gasteiger partial charge in [-0.3, -0.25) is 4.79 Å². The molecule has 1 fully saturated rings. The summed E-state index contributed by atoms with van der Waals surface area (Å²) < 4.78 is 16.8. The van der Waals surface area contributed by atoms with Crippen LogP contribution in [0.4, 0.5) is 5.13 Å². The van der Waals surface area contributed by atoms with E-state index in [1.165, 1.54) is 11.3 Å². The number of nitrogens with two attached hydrogens (primary N) is 1. The average molecular weight is 496 g/mol. The van der Waals surface area contributed by atoms with E-state index in [4.69, 9.17) is 19.9 Å². The highest BCUT2D eigenvalue weighted by atomic mass is 32.1. The SMILES string of the molecule is COc1ccccc1C1CC(=O)C2=C(C1)NC(C)=C(C(=O)OC1CCOCC1)C2c1cnc(N)s1. The van der Waals surface area contributed by atoms with E-state index in [2.05, 4.69) is 10.3 Å². The third kappa shape index (κ3) is 4.58. The van der Waals surface area contributed by atoms with Crippen molar-refractivity contribution < 1.29 is 23.8 Å². The molecule has 0 spiro atoms. The van der Waals surface area contributed by atoms with Gasteiger partial charge in [0.1, 0.15) is 11.9 Å². The molecule has 2 atom stereocenters. The van der Waals surface area contributed by atoms with Crippen LogP contribution < -0.4 is 15.8 Å². The summed E-state index contributed by atoms with van der Waals surface area (Å²) in [6.07, 6.45) is 3.75. The number of rotatable bonds is 5. The van der Waals surface area contributed by atoms with Crippen molar-refractivity contribution in [3.05, 3.63) is 63.4 Å². The standard InChI is InChI=1S/C26H29N3O5S/c1-14-22(25(31)34-16-7-9-33-10-8-16)24(21-13-28-26(27)35-21)23-18(29-14)11-15(12-19(23)30)17-5-3-4-6-20(17)32-2/h3-6,13,15-16,24,29H,7-12H2,1-2H3,(H2,27,28). The lowest BCUT2D eigenvalue weighted by Gasteiger charge is -2.36. The van der Waals surface area contributed by atoms with Gasteiger partial charge in [0.15, 0.2) is 10.9 Å². The fourth-order valence-electron chi connectivity index (χ4n) is 5.26. The number of carbonyl (C=O) groups excluding carboxylic acids is 2. The van der Waals surface area contributed by atoms with Crippen LogP contribution in [0.2, 0.25) is 0 Å². The Labute approximate surface area is 208 Å².